The zero-order valence-corrected chi connectivity index (χ0v) is 21.3. The van der Waals surface area contributed by atoms with E-state index in [2.05, 4.69) is 36.5 Å². The smallest absolute Gasteiger partial charge is 0.242 e. The number of carbonyl (C=O) groups excluding carboxylic acids is 2. The van der Waals surface area contributed by atoms with E-state index in [4.69, 9.17) is 23.2 Å². The van der Waals surface area contributed by atoms with Gasteiger partial charge in [-0.3, -0.25) is 9.59 Å². The number of benzene rings is 3. The molecule has 0 aromatic heterocycles. The molecule has 4 nitrogen and oxygen atoms in total. The normalized spacial score (nSPS) is 11.9. The molecule has 180 valence electrons. The van der Waals surface area contributed by atoms with E-state index in [1.807, 2.05) is 31.2 Å². The molecule has 3 rings (SSSR count). The van der Waals surface area contributed by atoms with E-state index in [1.165, 1.54) is 0 Å². The van der Waals surface area contributed by atoms with Crippen molar-refractivity contribution in [2.24, 2.45) is 0 Å². The highest BCUT2D eigenvalue weighted by Crippen LogP contribution is 2.25. The van der Waals surface area contributed by atoms with Gasteiger partial charge in [0.2, 0.25) is 11.8 Å². The van der Waals surface area contributed by atoms with Crippen LogP contribution in [0.4, 0.5) is 0 Å². The Bertz CT molecular complexity index is 1130. The van der Waals surface area contributed by atoms with Crippen molar-refractivity contribution in [3.05, 3.63) is 81.8 Å². The summed E-state index contributed by atoms with van der Waals surface area (Å²) in [5, 5.41) is 6.31. The molecule has 0 bridgehead atoms. The van der Waals surface area contributed by atoms with Gasteiger partial charge in [0.15, 0.2) is 0 Å². The third kappa shape index (κ3) is 6.74. The van der Waals surface area contributed by atoms with Gasteiger partial charge in [-0.05, 0) is 53.3 Å². The lowest BCUT2D eigenvalue weighted by atomic mass is 10.00. The summed E-state index contributed by atoms with van der Waals surface area (Å²) < 4.78 is 0. The molecule has 0 saturated heterocycles. The highest BCUT2D eigenvalue weighted by atomic mass is 35.5. The molecule has 0 aliphatic carbocycles. The second-order valence-corrected chi connectivity index (χ2v) is 9.31. The fourth-order valence-corrected chi connectivity index (χ4v) is 4.62. The highest BCUT2D eigenvalue weighted by Gasteiger charge is 2.28. The van der Waals surface area contributed by atoms with Gasteiger partial charge in [-0.1, -0.05) is 92.0 Å². The van der Waals surface area contributed by atoms with Gasteiger partial charge in [-0.15, -0.1) is 0 Å². The van der Waals surface area contributed by atoms with Crippen LogP contribution in [0, 0.1) is 0 Å². The Morgan fingerprint density at radius 3 is 2.47 bits per heavy atom. The Labute approximate surface area is 212 Å². The van der Waals surface area contributed by atoms with Crippen LogP contribution in [-0.2, 0) is 22.6 Å². The molecule has 0 aliphatic rings. The Kier molecular flexibility index (Phi) is 9.79. The van der Waals surface area contributed by atoms with Crippen LogP contribution in [0.5, 0.6) is 0 Å². The van der Waals surface area contributed by atoms with Crippen LogP contribution in [0.3, 0.4) is 0 Å². The van der Waals surface area contributed by atoms with Crippen LogP contribution in [0.2, 0.25) is 10.0 Å². The standard InChI is InChI=1S/C28H32Cl2N2O2/c1-3-5-17-31-28(34)26(4-2)32(19-22-13-15-23(29)18-25(22)30)27(33)16-14-21-11-8-10-20-9-6-7-12-24(20)21/h6-13,15,18,26H,3-5,14,16-17,19H2,1-2H3,(H,31,34)/t26-/m0/s1. The predicted molar refractivity (Wildman–Crippen MR) is 141 cm³/mol. The first-order chi connectivity index (χ1) is 16.4. The second kappa shape index (κ2) is 12.8. The minimum atomic E-state index is -0.566. The van der Waals surface area contributed by atoms with Crippen LogP contribution in [0.25, 0.3) is 10.8 Å². The Balaban J connectivity index is 1.83. The van der Waals surface area contributed by atoms with Crippen molar-refractivity contribution >= 4 is 45.8 Å². The number of halogens is 2. The van der Waals surface area contributed by atoms with Crippen molar-refractivity contribution in [2.75, 3.05) is 6.54 Å². The summed E-state index contributed by atoms with van der Waals surface area (Å²) in [5.41, 5.74) is 1.89. The molecular weight excluding hydrogens is 467 g/mol. The van der Waals surface area contributed by atoms with Crippen LogP contribution in [0.1, 0.15) is 50.7 Å². The maximum Gasteiger partial charge on any atom is 0.242 e. The molecule has 34 heavy (non-hydrogen) atoms. The number of fused-ring (bicyclic) bond motifs is 1. The van der Waals surface area contributed by atoms with Crippen LogP contribution >= 0.6 is 23.2 Å². The average molecular weight is 499 g/mol. The molecule has 2 amide bonds. The van der Waals surface area contributed by atoms with E-state index in [0.29, 0.717) is 35.9 Å². The van der Waals surface area contributed by atoms with E-state index in [9.17, 15) is 9.59 Å². The molecule has 1 atom stereocenters. The average Bonchev–Trinajstić information content (AvgIpc) is 2.83. The summed E-state index contributed by atoms with van der Waals surface area (Å²) in [5.74, 6) is -0.198. The molecule has 3 aromatic carbocycles. The van der Waals surface area contributed by atoms with Gasteiger partial charge in [0.05, 0.1) is 0 Å². The maximum absolute atomic E-state index is 13.5. The van der Waals surface area contributed by atoms with Crippen LogP contribution in [-0.4, -0.2) is 29.3 Å². The molecule has 0 fully saturated rings. The summed E-state index contributed by atoms with van der Waals surface area (Å²) in [4.78, 5) is 28.2. The molecular formula is C28H32Cl2N2O2. The van der Waals surface area contributed by atoms with Crippen molar-refractivity contribution in [3.8, 4) is 0 Å². The lowest BCUT2D eigenvalue weighted by molar-refractivity contribution is -0.141. The molecule has 0 unspecified atom stereocenters. The molecule has 3 aromatic rings. The first-order valence-electron chi connectivity index (χ1n) is 11.9. The number of hydrogen-bond acceptors (Lipinski definition) is 2. The van der Waals surface area contributed by atoms with Gasteiger partial charge in [-0.2, -0.15) is 0 Å². The maximum atomic E-state index is 13.5. The van der Waals surface area contributed by atoms with Crippen molar-refractivity contribution in [3.63, 3.8) is 0 Å². The van der Waals surface area contributed by atoms with Gasteiger partial charge in [0.25, 0.3) is 0 Å². The first-order valence-corrected chi connectivity index (χ1v) is 12.7. The Morgan fingerprint density at radius 1 is 0.971 bits per heavy atom. The van der Waals surface area contributed by atoms with E-state index in [0.717, 1.165) is 34.7 Å². The molecule has 1 N–H and O–H groups in total. The van der Waals surface area contributed by atoms with E-state index in [-0.39, 0.29) is 18.4 Å². The zero-order chi connectivity index (χ0) is 24.5. The van der Waals surface area contributed by atoms with E-state index >= 15 is 0 Å². The number of nitrogens with one attached hydrogen (secondary N) is 1. The minimum Gasteiger partial charge on any atom is -0.354 e. The van der Waals surface area contributed by atoms with Crippen molar-refractivity contribution in [1.29, 1.82) is 0 Å². The Hall–Kier alpha value is -2.56. The molecule has 0 heterocycles. The fourth-order valence-electron chi connectivity index (χ4n) is 4.15. The third-order valence-corrected chi connectivity index (χ3v) is 6.65. The quantitative estimate of drug-likeness (QED) is 0.295. The first kappa shape index (κ1) is 26.1. The number of aryl methyl sites for hydroxylation is 1. The minimum absolute atomic E-state index is 0.0727. The van der Waals surface area contributed by atoms with Gasteiger partial charge in [-0.25, -0.2) is 0 Å². The third-order valence-electron chi connectivity index (χ3n) is 6.06. The number of unbranched alkanes of at least 4 members (excludes halogenated alkanes) is 1. The number of hydrogen-bond donors (Lipinski definition) is 1. The van der Waals surface area contributed by atoms with Crippen LogP contribution < -0.4 is 5.32 Å². The zero-order valence-electron chi connectivity index (χ0n) is 19.8. The predicted octanol–water partition coefficient (Wildman–Crippen LogP) is 6.80. The number of nitrogens with zero attached hydrogens (tertiary/aromatic N) is 1. The van der Waals surface area contributed by atoms with E-state index in [1.54, 1.807) is 17.0 Å². The summed E-state index contributed by atoms with van der Waals surface area (Å²) in [6, 6.07) is 19.0. The number of amides is 2. The van der Waals surface area contributed by atoms with Crippen molar-refractivity contribution in [2.45, 2.75) is 58.5 Å². The molecule has 0 spiro atoms. The monoisotopic (exact) mass is 498 g/mol. The fraction of sp³-hybridized carbons (Fsp3) is 0.357. The largest absolute Gasteiger partial charge is 0.354 e. The molecule has 0 saturated carbocycles. The number of rotatable bonds is 11. The van der Waals surface area contributed by atoms with Crippen molar-refractivity contribution < 1.29 is 9.59 Å². The summed E-state index contributed by atoms with van der Waals surface area (Å²) in [6.45, 7) is 4.86. The topological polar surface area (TPSA) is 49.4 Å². The van der Waals surface area contributed by atoms with Crippen LogP contribution in [0.15, 0.2) is 60.7 Å². The molecule has 0 aliphatic heterocycles. The number of carbonyl (C=O) groups is 2. The van der Waals surface area contributed by atoms with E-state index < -0.39 is 6.04 Å². The lowest BCUT2D eigenvalue weighted by Crippen LogP contribution is -2.49. The molecule has 0 radical (unpaired) electrons. The molecule has 6 heteroatoms. The lowest BCUT2D eigenvalue weighted by Gasteiger charge is -2.31. The van der Waals surface area contributed by atoms with Gasteiger partial charge in [0.1, 0.15) is 6.04 Å². The van der Waals surface area contributed by atoms with Gasteiger partial charge < -0.3 is 10.2 Å². The summed E-state index contributed by atoms with van der Waals surface area (Å²) in [7, 11) is 0. The Morgan fingerprint density at radius 2 is 1.74 bits per heavy atom. The van der Waals surface area contributed by atoms with Crippen molar-refractivity contribution in [1.82, 2.24) is 10.2 Å². The highest BCUT2D eigenvalue weighted by molar-refractivity contribution is 6.35. The summed E-state index contributed by atoms with van der Waals surface area (Å²) >= 11 is 12.5. The summed E-state index contributed by atoms with van der Waals surface area (Å²) in [6.07, 6.45) is 3.31. The SMILES string of the molecule is CCCCNC(=O)[C@H](CC)N(Cc1ccc(Cl)cc1Cl)C(=O)CCc1cccc2ccccc12. The van der Waals surface area contributed by atoms with Gasteiger partial charge in [0, 0.05) is 29.6 Å². The second-order valence-electron chi connectivity index (χ2n) is 8.46. The van der Waals surface area contributed by atoms with Gasteiger partial charge >= 0.3 is 0 Å².